The maximum Gasteiger partial charge on any atom is 0.297 e. The van der Waals surface area contributed by atoms with E-state index in [1.165, 1.54) is 24.3 Å². The molecule has 0 saturated heterocycles. The molecule has 0 radical (unpaired) electrons. The average Bonchev–Trinajstić information content (AvgIpc) is 2.66. The quantitative estimate of drug-likeness (QED) is 0.321. The number of allylic oxidation sites excluding steroid dienone is 1. The van der Waals surface area contributed by atoms with E-state index in [4.69, 9.17) is 4.18 Å². The van der Waals surface area contributed by atoms with Crippen molar-refractivity contribution in [2.75, 3.05) is 6.61 Å². The fraction of sp³-hybridized carbons (Fsp3) is 0.300. The minimum atomic E-state index is -3.95. The van der Waals surface area contributed by atoms with Crippen molar-refractivity contribution >= 4 is 36.1 Å². The molecule has 2 aromatic carbocycles. The predicted octanol–water partition coefficient (Wildman–Crippen LogP) is 3.70. The van der Waals surface area contributed by atoms with E-state index in [-0.39, 0.29) is 16.4 Å². The van der Waals surface area contributed by atoms with Crippen LogP contribution < -0.4 is 4.72 Å². The van der Waals surface area contributed by atoms with Gasteiger partial charge in [-0.05, 0) is 45.0 Å². The van der Waals surface area contributed by atoms with Gasteiger partial charge >= 0.3 is 0 Å². The number of alkyl halides is 1. The number of halogens is 1. The lowest BCUT2D eigenvalue weighted by atomic mass is 10.2. The smallest absolute Gasteiger partial charge is 0.265 e. The van der Waals surface area contributed by atoms with Gasteiger partial charge in [-0.25, -0.2) is 13.1 Å². The standard InChI is InChI=1S/C20H24BrNO5S2/c1-4-5-20(22-28(23,24)17-10-6-15(2)7-11-17)19(21)14-27-29(25,26)18-12-8-16(3)9-13-18/h4-13,19-20,22H,14H2,1-3H3/b5-4+/t19-,20+/m0/s1. The summed E-state index contributed by atoms with van der Waals surface area (Å²) in [6.45, 7) is 5.22. The van der Waals surface area contributed by atoms with E-state index in [2.05, 4.69) is 20.7 Å². The first-order valence-corrected chi connectivity index (χ1v) is 12.7. The van der Waals surface area contributed by atoms with Crippen molar-refractivity contribution in [2.45, 2.75) is 41.4 Å². The summed E-state index contributed by atoms with van der Waals surface area (Å²) >= 11 is 3.35. The first kappa shape index (κ1) is 23.8. The number of nitrogens with one attached hydrogen (secondary N) is 1. The Balaban J connectivity index is 2.11. The van der Waals surface area contributed by atoms with E-state index in [0.717, 1.165) is 11.1 Å². The minimum absolute atomic E-state index is 0.0469. The number of hydrogen-bond acceptors (Lipinski definition) is 5. The van der Waals surface area contributed by atoms with Gasteiger partial charge in [-0.1, -0.05) is 63.5 Å². The van der Waals surface area contributed by atoms with Crippen LogP contribution in [0.2, 0.25) is 0 Å². The van der Waals surface area contributed by atoms with Gasteiger partial charge in [0.25, 0.3) is 10.1 Å². The number of hydrogen-bond donors (Lipinski definition) is 1. The summed E-state index contributed by atoms with van der Waals surface area (Å²) < 4.78 is 57.8. The van der Waals surface area contributed by atoms with E-state index < -0.39 is 31.0 Å². The van der Waals surface area contributed by atoms with Gasteiger partial charge < -0.3 is 0 Å². The fourth-order valence-corrected chi connectivity index (χ4v) is 5.39. The molecule has 2 rings (SSSR count). The van der Waals surface area contributed by atoms with Gasteiger partial charge in [0.2, 0.25) is 10.0 Å². The second-order valence-corrected chi connectivity index (χ2v) is 11.1. The van der Waals surface area contributed by atoms with Crippen LogP contribution in [-0.4, -0.2) is 34.3 Å². The summed E-state index contributed by atoms with van der Waals surface area (Å²) in [5.41, 5.74) is 1.88. The van der Waals surface area contributed by atoms with Crippen molar-refractivity contribution in [3.63, 3.8) is 0 Å². The number of sulfonamides is 1. The normalized spacial score (nSPS) is 14.8. The van der Waals surface area contributed by atoms with E-state index in [1.807, 2.05) is 13.8 Å². The van der Waals surface area contributed by atoms with Crippen molar-refractivity contribution in [3.05, 3.63) is 71.8 Å². The molecular formula is C20H24BrNO5S2. The van der Waals surface area contributed by atoms with Gasteiger partial charge in [0.05, 0.1) is 27.3 Å². The van der Waals surface area contributed by atoms with Crippen LogP contribution in [-0.2, 0) is 24.3 Å². The van der Waals surface area contributed by atoms with Crippen molar-refractivity contribution in [2.24, 2.45) is 0 Å². The molecule has 0 fully saturated rings. The third-order valence-corrected chi connectivity index (χ3v) is 7.71. The molecule has 0 aliphatic carbocycles. The monoisotopic (exact) mass is 501 g/mol. The molecule has 0 unspecified atom stereocenters. The lowest BCUT2D eigenvalue weighted by Gasteiger charge is -2.21. The van der Waals surface area contributed by atoms with E-state index in [9.17, 15) is 16.8 Å². The van der Waals surface area contributed by atoms with Gasteiger partial charge in [-0.15, -0.1) is 0 Å². The molecule has 0 aliphatic rings. The van der Waals surface area contributed by atoms with E-state index in [0.29, 0.717) is 0 Å². The molecule has 158 valence electrons. The highest BCUT2D eigenvalue weighted by Gasteiger charge is 2.26. The Hall–Kier alpha value is -1.52. The largest absolute Gasteiger partial charge is 0.297 e. The minimum Gasteiger partial charge on any atom is -0.265 e. The summed E-state index contributed by atoms with van der Waals surface area (Å²) in [5, 5.41) is 0. The average molecular weight is 502 g/mol. The Bertz CT molecular complexity index is 1050. The molecule has 0 aromatic heterocycles. The molecule has 0 saturated carbocycles. The molecule has 0 heterocycles. The zero-order chi connectivity index (χ0) is 21.7. The number of rotatable bonds is 9. The Morgan fingerprint density at radius 2 is 1.41 bits per heavy atom. The highest BCUT2D eigenvalue weighted by molar-refractivity contribution is 9.09. The fourth-order valence-electron chi connectivity index (χ4n) is 2.44. The van der Waals surface area contributed by atoms with Gasteiger partial charge in [0.15, 0.2) is 0 Å². The van der Waals surface area contributed by atoms with Crippen LogP contribution in [0.25, 0.3) is 0 Å². The third-order valence-electron chi connectivity index (χ3n) is 4.10. The maximum atomic E-state index is 12.7. The summed E-state index contributed by atoms with van der Waals surface area (Å²) in [4.78, 5) is -0.435. The zero-order valence-corrected chi connectivity index (χ0v) is 19.6. The Morgan fingerprint density at radius 1 is 0.931 bits per heavy atom. The molecule has 2 aromatic rings. The SMILES string of the molecule is C/C=C/[C@@H](NS(=O)(=O)c1ccc(C)cc1)[C@@H](Br)COS(=O)(=O)c1ccc(C)cc1. The molecule has 9 heteroatoms. The van der Waals surface area contributed by atoms with Crippen LogP contribution >= 0.6 is 15.9 Å². The summed E-state index contributed by atoms with van der Waals surface area (Å²) in [6.07, 6.45) is 3.32. The van der Waals surface area contributed by atoms with Crippen LogP contribution in [0, 0.1) is 13.8 Å². The second-order valence-electron chi connectivity index (χ2n) is 6.55. The predicted molar refractivity (Wildman–Crippen MR) is 117 cm³/mol. The Labute approximate surface area is 181 Å². The number of aryl methyl sites for hydroxylation is 2. The molecular weight excluding hydrogens is 478 g/mol. The zero-order valence-electron chi connectivity index (χ0n) is 16.4. The topological polar surface area (TPSA) is 89.5 Å². The molecule has 0 amide bonds. The number of benzene rings is 2. The van der Waals surface area contributed by atoms with Gasteiger partial charge in [-0.2, -0.15) is 8.42 Å². The van der Waals surface area contributed by atoms with Gasteiger partial charge in [0, 0.05) is 0 Å². The molecule has 6 nitrogen and oxygen atoms in total. The van der Waals surface area contributed by atoms with Crippen LogP contribution in [0.15, 0.2) is 70.5 Å². The van der Waals surface area contributed by atoms with Crippen LogP contribution in [0.4, 0.5) is 0 Å². The van der Waals surface area contributed by atoms with E-state index >= 15 is 0 Å². The van der Waals surface area contributed by atoms with Crippen LogP contribution in [0.5, 0.6) is 0 Å². The lowest BCUT2D eigenvalue weighted by molar-refractivity contribution is 0.312. The van der Waals surface area contributed by atoms with Gasteiger partial charge in [-0.3, -0.25) is 4.18 Å². The molecule has 2 atom stereocenters. The third kappa shape index (κ3) is 6.75. The van der Waals surface area contributed by atoms with E-state index in [1.54, 1.807) is 43.3 Å². The first-order chi connectivity index (χ1) is 13.5. The molecule has 0 spiro atoms. The van der Waals surface area contributed by atoms with Crippen LogP contribution in [0.1, 0.15) is 18.1 Å². The summed E-state index contributed by atoms with van der Waals surface area (Å²) in [7, 11) is -7.74. The first-order valence-electron chi connectivity index (χ1n) is 8.87. The second kappa shape index (κ2) is 9.99. The molecule has 1 N–H and O–H groups in total. The summed E-state index contributed by atoms with van der Waals surface area (Å²) in [5.74, 6) is 0. The van der Waals surface area contributed by atoms with Crippen molar-refractivity contribution in [1.29, 1.82) is 0 Å². The maximum absolute atomic E-state index is 12.7. The Morgan fingerprint density at radius 3 is 1.90 bits per heavy atom. The highest BCUT2D eigenvalue weighted by atomic mass is 79.9. The van der Waals surface area contributed by atoms with Gasteiger partial charge in [0.1, 0.15) is 0 Å². The molecule has 29 heavy (non-hydrogen) atoms. The molecule has 0 bridgehead atoms. The molecule has 0 aliphatic heterocycles. The van der Waals surface area contributed by atoms with Crippen molar-refractivity contribution in [3.8, 4) is 0 Å². The Kier molecular flexibility index (Phi) is 8.18. The summed E-state index contributed by atoms with van der Waals surface area (Å²) in [6, 6.07) is 12.1. The highest BCUT2D eigenvalue weighted by Crippen LogP contribution is 2.18. The van der Waals surface area contributed by atoms with Crippen LogP contribution in [0.3, 0.4) is 0 Å². The van der Waals surface area contributed by atoms with Crippen molar-refractivity contribution in [1.82, 2.24) is 4.72 Å². The van der Waals surface area contributed by atoms with Crippen molar-refractivity contribution < 1.29 is 21.0 Å². The lowest BCUT2D eigenvalue weighted by Crippen LogP contribution is -2.41.